The van der Waals surface area contributed by atoms with Gasteiger partial charge in [-0.25, -0.2) is 0 Å². The number of hydrogen-bond acceptors (Lipinski definition) is 4. The second-order valence-corrected chi connectivity index (χ2v) is 6.53. The van der Waals surface area contributed by atoms with E-state index in [4.69, 9.17) is 0 Å². The van der Waals surface area contributed by atoms with E-state index in [9.17, 15) is 5.11 Å². The number of nitrogens with one attached hydrogen (secondary N) is 1. The summed E-state index contributed by atoms with van der Waals surface area (Å²) in [5, 5.41) is 13.7. The molecule has 2 N–H and O–H groups in total. The molecule has 0 saturated carbocycles. The summed E-state index contributed by atoms with van der Waals surface area (Å²) in [5.41, 5.74) is -0.640. The molecular weight excluding hydrogens is 226 g/mol. The Hall–Kier alpha value is -0.160. The average Bonchev–Trinajstić information content (AvgIpc) is 2.26. The number of piperidine rings is 1. The lowest BCUT2D eigenvalue weighted by Gasteiger charge is -2.39. The van der Waals surface area contributed by atoms with Crippen LogP contribution in [0.3, 0.4) is 0 Å². The molecule has 1 rings (SSSR count). The monoisotopic (exact) mass is 257 g/mol. The molecule has 0 aromatic carbocycles. The van der Waals surface area contributed by atoms with Gasteiger partial charge in [-0.15, -0.1) is 0 Å². The Morgan fingerprint density at radius 3 is 2.67 bits per heavy atom. The van der Waals surface area contributed by atoms with Crippen molar-refractivity contribution >= 4 is 0 Å². The molecule has 0 amide bonds. The van der Waals surface area contributed by atoms with Crippen molar-refractivity contribution in [3.05, 3.63) is 0 Å². The lowest BCUT2D eigenvalue weighted by Crippen LogP contribution is -2.53. The maximum Gasteiger partial charge on any atom is 0.0869 e. The summed E-state index contributed by atoms with van der Waals surface area (Å²) in [7, 11) is 4.29. The van der Waals surface area contributed by atoms with Gasteiger partial charge in [0.15, 0.2) is 0 Å². The summed E-state index contributed by atoms with van der Waals surface area (Å²) in [5.74, 6) is 0. The summed E-state index contributed by atoms with van der Waals surface area (Å²) >= 11 is 0. The van der Waals surface area contributed by atoms with Gasteiger partial charge < -0.3 is 15.3 Å². The Morgan fingerprint density at radius 2 is 2.11 bits per heavy atom. The number of nitrogens with zero attached hydrogens (tertiary/aromatic N) is 2. The quantitative estimate of drug-likeness (QED) is 0.737. The van der Waals surface area contributed by atoms with Crippen molar-refractivity contribution in [2.75, 3.05) is 40.3 Å². The molecule has 1 saturated heterocycles. The largest absolute Gasteiger partial charge is 0.388 e. The summed E-state index contributed by atoms with van der Waals surface area (Å²) in [4.78, 5) is 4.70. The maximum absolute atomic E-state index is 10.4. The molecule has 18 heavy (non-hydrogen) atoms. The van der Waals surface area contributed by atoms with Crippen molar-refractivity contribution < 1.29 is 5.11 Å². The van der Waals surface area contributed by atoms with Crippen molar-refractivity contribution in [1.29, 1.82) is 0 Å². The first-order chi connectivity index (χ1) is 8.30. The first kappa shape index (κ1) is 15.9. The van der Waals surface area contributed by atoms with Crippen molar-refractivity contribution in [3.8, 4) is 0 Å². The fourth-order valence-electron chi connectivity index (χ4n) is 2.56. The van der Waals surface area contributed by atoms with Gasteiger partial charge in [0.1, 0.15) is 0 Å². The second kappa shape index (κ2) is 6.85. The fourth-order valence-corrected chi connectivity index (χ4v) is 2.56. The molecule has 108 valence electrons. The molecule has 1 heterocycles. The number of aliphatic hydroxyl groups is 1. The van der Waals surface area contributed by atoms with E-state index in [-0.39, 0.29) is 0 Å². The third-order valence-electron chi connectivity index (χ3n) is 3.67. The topological polar surface area (TPSA) is 38.7 Å². The molecule has 0 aliphatic carbocycles. The van der Waals surface area contributed by atoms with Gasteiger partial charge in [0.25, 0.3) is 0 Å². The van der Waals surface area contributed by atoms with E-state index in [0.717, 1.165) is 19.6 Å². The molecule has 0 radical (unpaired) electrons. The van der Waals surface area contributed by atoms with Gasteiger partial charge in [0.05, 0.1) is 5.60 Å². The van der Waals surface area contributed by atoms with Gasteiger partial charge in [-0.3, -0.25) is 4.90 Å². The van der Waals surface area contributed by atoms with Crippen LogP contribution >= 0.6 is 0 Å². The minimum atomic E-state index is -0.640. The van der Waals surface area contributed by atoms with E-state index >= 15 is 0 Å². The Bertz CT molecular complexity index is 241. The Labute approximate surface area is 112 Å². The van der Waals surface area contributed by atoms with Gasteiger partial charge >= 0.3 is 0 Å². The zero-order valence-electron chi connectivity index (χ0n) is 12.7. The first-order valence-corrected chi connectivity index (χ1v) is 7.15. The van der Waals surface area contributed by atoms with Crippen molar-refractivity contribution in [1.82, 2.24) is 15.1 Å². The summed E-state index contributed by atoms with van der Waals surface area (Å²) < 4.78 is 0. The Morgan fingerprint density at radius 1 is 1.44 bits per heavy atom. The lowest BCUT2D eigenvalue weighted by molar-refractivity contribution is 0.00298. The van der Waals surface area contributed by atoms with Gasteiger partial charge in [-0.2, -0.15) is 0 Å². The van der Waals surface area contributed by atoms with Crippen LogP contribution < -0.4 is 5.32 Å². The second-order valence-electron chi connectivity index (χ2n) is 6.53. The van der Waals surface area contributed by atoms with Crippen LogP contribution in [-0.2, 0) is 0 Å². The summed E-state index contributed by atoms with van der Waals surface area (Å²) in [6, 6.07) is 1.06. The number of hydrogen-bond donors (Lipinski definition) is 2. The summed E-state index contributed by atoms with van der Waals surface area (Å²) in [6.45, 7) is 9.76. The van der Waals surface area contributed by atoms with Crippen LogP contribution in [0.1, 0.15) is 33.6 Å². The first-order valence-electron chi connectivity index (χ1n) is 7.15. The number of likely N-dealkylation sites (N-methyl/N-ethyl adjacent to an activating group) is 1. The normalized spacial score (nSPS) is 25.7. The van der Waals surface area contributed by atoms with Crippen LogP contribution in [0.25, 0.3) is 0 Å². The number of likely N-dealkylation sites (tertiary alicyclic amines) is 1. The summed E-state index contributed by atoms with van der Waals surface area (Å²) in [6.07, 6.45) is 2.51. The SMILES string of the molecule is CC(C)NCC(C)(O)CN1CCCC(N(C)C)C1. The zero-order chi connectivity index (χ0) is 13.8. The molecule has 2 atom stereocenters. The van der Waals surface area contributed by atoms with Crippen LogP contribution in [0.5, 0.6) is 0 Å². The van der Waals surface area contributed by atoms with Crippen molar-refractivity contribution in [3.63, 3.8) is 0 Å². The fraction of sp³-hybridized carbons (Fsp3) is 1.00. The standard InChI is InChI=1S/C14H31N3O/c1-12(2)15-10-14(3,18)11-17-8-6-7-13(9-17)16(4)5/h12-13,15,18H,6-11H2,1-5H3. The van der Waals surface area contributed by atoms with Crippen LogP contribution in [0.15, 0.2) is 0 Å². The van der Waals surface area contributed by atoms with Crippen LogP contribution in [0.2, 0.25) is 0 Å². The van der Waals surface area contributed by atoms with E-state index in [1.165, 1.54) is 12.8 Å². The predicted molar refractivity (Wildman–Crippen MR) is 76.9 cm³/mol. The molecule has 0 aromatic heterocycles. The molecule has 1 aliphatic heterocycles. The van der Waals surface area contributed by atoms with Crippen molar-refractivity contribution in [2.24, 2.45) is 0 Å². The minimum Gasteiger partial charge on any atom is -0.388 e. The maximum atomic E-state index is 10.4. The number of rotatable bonds is 6. The molecule has 0 aromatic rings. The van der Waals surface area contributed by atoms with E-state index in [0.29, 0.717) is 18.6 Å². The highest BCUT2D eigenvalue weighted by Crippen LogP contribution is 2.16. The molecule has 2 unspecified atom stereocenters. The molecular formula is C14H31N3O. The molecule has 1 fully saturated rings. The zero-order valence-corrected chi connectivity index (χ0v) is 12.7. The Kier molecular flexibility index (Phi) is 6.05. The third-order valence-corrected chi connectivity index (χ3v) is 3.67. The van der Waals surface area contributed by atoms with E-state index in [1.807, 2.05) is 6.92 Å². The van der Waals surface area contributed by atoms with E-state index in [2.05, 4.69) is 43.1 Å². The molecule has 0 spiro atoms. The molecule has 4 heteroatoms. The van der Waals surface area contributed by atoms with Crippen LogP contribution in [0.4, 0.5) is 0 Å². The van der Waals surface area contributed by atoms with Crippen LogP contribution in [-0.4, -0.2) is 72.9 Å². The molecule has 0 bridgehead atoms. The van der Waals surface area contributed by atoms with E-state index in [1.54, 1.807) is 0 Å². The van der Waals surface area contributed by atoms with Gasteiger partial charge in [-0.05, 0) is 40.4 Å². The third kappa shape index (κ3) is 5.65. The van der Waals surface area contributed by atoms with Gasteiger partial charge in [0, 0.05) is 31.7 Å². The van der Waals surface area contributed by atoms with Crippen molar-refractivity contribution in [2.45, 2.75) is 51.3 Å². The minimum absolute atomic E-state index is 0.423. The van der Waals surface area contributed by atoms with Gasteiger partial charge in [0.2, 0.25) is 0 Å². The molecule has 4 nitrogen and oxygen atoms in total. The van der Waals surface area contributed by atoms with E-state index < -0.39 is 5.60 Å². The highest BCUT2D eigenvalue weighted by atomic mass is 16.3. The van der Waals surface area contributed by atoms with Crippen LogP contribution in [0, 0.1) is 0 Å². The Balaban J connectivity index is 2.40. The predicted octanol–water partition coefficient (Wildman–Crippen LogP) is 0.761. The average molecular weight is 257 g/mol. The number of β-amino-alcohol motifs (C(OH)–C–C–N with tert-alkyl or cyclic N) is 1. The smallest absolute Gasteiger partial charge is 0.0869 e. The molecule has 1 aliphatic rings. The van der Waals surface area contributed by atoms with Gasteiger partial charge in [-0.1, -0.05) is 13.8 Å². The lowest BCUT2D eigenvalue weighted by atomic mass is 10.0. The highest BCUT2D eigenvalue weighted by Gasteiger charge is 2.28. The highest BCUT2D eigenvalue weighted by molar-refractivity contribution is 4.85.